The lowest BCUT2D eigenvalue weighted by molar-refractivity contribution is -0.129. The highest BCUT2D eigenvalue weighted by Crippen LogP contribution is 2.10. The second-order valence-electron chi connectivity index (χ2n) is 4.49. The molecule has 1 saturated heterocycles. The van der Waals surface area contributed by atoms with Crippen LogP contribution in [-0.2, 0) is 9.53 Å². The minimum Gasteiger partial charge on any atom is -0.375 e. The van der Waals surface area contributed by atoms with Gasteiger partial charge in [0.15, 0.2) is 0 Å². The highest BCUT2D eigenvalue weighted by Gasteiger charge is 2.29. The third kappa shape index (κ3) is 3.05. The number of pyridine rings is 1. The molecule has 5 nitrogen and oxygen atoms in total. The summed E-state index contributed by atoms with van der Waals surface area (Å²) in [5, 5.41) is 6.12. The first-order chi connectivity index (χ1) is 8.68. The number of hydrogen-bond donors (Lipinski definition) is 2. The number of nitrogens with zero attached hydrogens (tertiary/aromatic N) is 1. The molecule has 1 unspecified atom stereocenters. The Labute approximate surface area is 107 Å². The number of ether oxygens (including phenoxy) is 1. The SMILES string of the molecule is CC(NC(=O)[C@H]1NCCO[C@@H]1C)c1ccccn1. The summed E-state index contributed by atoms with van der Waals surface area (Å²) in [5.41, 5.74) is 0.857. The number of carbonyl (C=O) groups is 1. The Balaban J connectivity index is 1.94. The second kappa shape index (κ2) is 5.93. The number of nitrogens with one attached hydrogen (secondary N) is 2. The zero-order valence-electron chi connectivity index (χ0n) is 10.7. The lowest BCUT2D eigenvalue weighted by Crippen LogP contribution is -2.55. The normalized spacial score (nSPS) is 25.4. The summed E-state index contributed by atoms with van der Waals surface area (Å²) in [5.74, 6) is -0.0413. The molecule has 1 aliphatic rings. The molecule has 1 amide bonds. The van der Waals surface area contributed by atoms with Crippen molar-refractivity contribution >= 4 is 5.91 Å². The molecule has 0 radical (unpaired) electrons. The molecule has 2 rings (SSSR count). The van der Waals surface area contributed by atoms with E-state index in [0.717, 1.165) is 5.69 Å². The zero-order valence-corrected chi connectivity index (χ0v) is 10.7. The van der Waals surface area contributed by atoms with Gasteiger partial charge in [-0.15, -0.1) is 0 Å². The van der Waals surface area contributed by atoms with E-state index in [0.29, 0.717) is 13.2 Å². The molecule has 0 aromatic carbocycles. The topological polar surface area (TPSA) is 63.2 Å². The molecule has 0 spiro atoms. The first-order valence-corrected chi connectivity index (χ1v) is 6.25. The Morgan fingerprint density at radius 3 is 3.11 bits per heavy atom. The van der Waals surface area contributed by atoms with Gasteiger partial charge in [-0.3, -0.25) is 9.78 Å². The number of morpholine rings is 1. The molecular formula is C13H19N3O2. The molecule has 1 aromatic rings. The maximum absolute atomic E-state index is 12.1. The second-order valence-corrected chi connectivity index (χ2v) is 4.49. The van der Waals surface area contributed by atoms with E-state index in [9.17, 15) is 4.79 Å². The van der Waals surface area contributed by atoms with Crippen molar-refractivity contribution in [1.82, 2.24) is 15.6 Å². The van der Waals surface area contributed by atoms with Crippen LogP contribution in [-0.4, -0.2) is 36.2 Å². The van der Waals surface area contributed by atoms with Gasteiger partial charge in [-0.25, -0.2) is 0 Å². The number of amides is 1. The van der Waals surface area contributed by atoms with E-state index >= 15 is 0 Å². The monoisotopic (exact) mass is 249 g/mol. The summed E-state index contributed by atoms with van der Waals surface area (Å²) in [6.07, 6.45) is 1.62. The lowest BCUT2D eigenvalue weighted by atomic mass is 10.1. The molecule has 1 aromatic heterocycles. The summed E-state index contributed by atoms with van der Waals surface area (Å²) in [6.45, 7) is 5.19. The van der Waals surface area contributed by atoms with Gasteiger partial charge in [0.05, 0.1) is 24.4 Å². The molecule has 0 bridgehead atoms. The molecule has 3 atom stereocenters. The summed E-state index contributed by atoms with van der Waals surface area (Å²) in [4.78, 5) is 16.3. The standard InChI is InChI=1S/C13H19N3O2/c1-9(11-5-3-4-6-14-11)16-13(17)12-10(2)18-8-7-15-12/h3-6,9-10,12,15H,7-8H2,1-2H3,(H,16,17)/t9?,10-,12+/m1/s1. The molecule has 2 N–H and O–H groups in total. The van der Waals surface area contributed by atoms with Crippen LogP contribution in [0.15, 0.2) is 24.4 Å². The number of carbonyl (C=O) groups excluding carboxylic acids is 1. The lowest BCUT2D eigenvalue weighted by Gasteiger charge is -2.30. The van der Waals surface area contributed by atoms with Crippen LogP contribution < -0.4 is 10.6 Å². The van der Waals surface area contributed by atoms with Gasteiger partial charge < -0.3 is 15.4 Å². The first kappa shape index (κ1) is 13.0. The van der Waals surface area contributed by atoms with Crippen molar-refractivity contribution in [2.45, 2.75) is 32.0 Å². The fraction of sp³-hybridized carbons (Fsp3) is 0.538. The van der Waals surface area contributed by atoms with Crippen LogP contribution in [0, 0.1) is 0 Å². The van der Waals surface area contributed by atoms with Gasteiger partial charge >= 0.3 is 0 Å². The van der Waals surface area contributed by atoms with E-state index in [1.165, 1.54) is 0 Å². The van der Waals surface area contributed by atoms with Gasteiger partial charge in [0.25, 0.3) is 0 Å². The van der Waals surface area contributed by atoms with Crippen molar-refractivity contribution in [2.75, 3.05) is 13.2 Å². The minimum absolute atomic E-state index is 0.0413. The maximum atomic E-state index is 12.1. The third-order valence-corrected chi connectivity index (χ3v) is 3.09. The molecule has 98 valence electrons. The van der Waals surface area contributed by atoms with E-state index < -0.39 is 0 Å². The van der Waals surface area contributed by atoms with E-state index in [1.807, 2.05) is 32.0 Å². The van der Waals surface area contributed by atoms with Crippen LogP contribution >= 0.6 is 0 Å². The predicted molar refractivity (Wildman–Crippen MR) is 68.0 cm³/mol. The van der Waals surface area contributed by atoms with Crippen LogP contribution in [0.4, 0.5) is 0 Å². The summed E-state index contributed by atoms with van der Waals surface area (Å²) >= 11 is 0. The Hall–Kier alpha value is -1.46. The Kier molecular flexibility index (Phi) is 4.28. The molecule has 1 aliphatic heterocycles. The van der Waals surface area contributed by atoms with Crippen molar-refractivity contribution < 1.29 is 9.53 Å². The van der Waals surface area contributed by atoms with Crippen molar-refractivity contribution in [1.29, 1.82) is 0 Å². The van der Waals surface area contributed by atoms with E-state index in [-0.39, 0.29) is 24.1 Å². The van der Waals surface area contributed by atoms with Crippen LogP contribution in [0.25, 0.3) is 0 Å². The van der Waals surface area contributed by atoms with Gasteiger partial charge in [0.2, 0.25) is 5.91 Å². The Morgan fingerprint density at radius 1 is 1.61 bits per heavy atom. The molecule has 0 saturated carbocycles. The largest absolute Gasteiger partial charge is 0.375 e. The van der Waals surface area contributed by atoms with Gasteiger partial charge in [-0.05, 0) is 26.0 Å². The van der Waals surface area contributed by atoms with Crippen LogP contribution in [0.1, 0.15) is 25.6 Å². The number of hydrogen-bond acceptors (Lipinski definition) is 4. The van der Waals surface area contributed by atoms with Crippen molar-refractivity contribution in [3.8, 4) is 0 Å². The quantitative estimate of drug-likeness (QED) is 0.825. The first-order valence-electron chi connectivity index (χ1n) is 6.25. The zero-order chi connectivity index (χ0) is 13.0. The average Bonchev–Trinajstić information content (AvgIpc) is 2.40. The van der Waals surface area contributed by atoms with Gasteiger partial charge in [-0.1, -0.05) is 6.07 Å². The number of rotatable bonds is 3. The highest BCUT2D eigenvalue weighted by molar-refractivity contribution is 5.82. The van der Waals surface area contributed by atoms with E-state index in [2.05, 4.69) is 15.6 Å². The smallest absolute Gasteiger partial charge is 0.240 e. The summed E-state index contributed by atoms with van der Waals surface area (Å²) in [6, 6.07) is 5.28. The van der Waals surface area contributed by atoms with Gasteiger partial charge in [0, 0.05) is 12.7 Å². The van der Waals surface area contributed by atoms with Crippen molar-refractivity contribution in [2.24, 2.45) is 0 Å². The average molecular weight is 249 g/mol. The molecule has 5 heteroatoms. The molecular weight excluding hydrogens is 230 g/mol. The highest BCUT2D eigenvalue weighted by atomic mass is 16.5. The molecule has 0 aliphatic carbocycles. The molecule has 1 fully saturated rings. The van der Waals surface area contributed by atoms with Crippen molar-refractivity contribution in [3.05, 3.63) is 30.1 Å². The maximum Gasteiger partial charge on any atom is 0.240 e. The Morgan fingerprint density at radius 2 is 2.44 bits per heavy atom. The van der Waals surface area contributed by atoms with E-state index in [4.69, 9.17) is 4.74 Å². The van der Waals surface area contributed by atoms with Gasteiger partial charge in [0.1, 0.15) is 6.04 Å². The fourth-order valence-corrected chi connectivity index (χ4v) is 2.04. The minimum atomic E-state index is -0.287. The molecule has 18 heavy (non-hydrogen) atoms. The molecule has 2 heterocycles. The van der Waals surface area contributed by atoms with Crippen LogP contribution in [0.5, 0.6) is 0 Å². The van der Waals surface area contributed by atoms with Gasteiger partial charge in [-0.2, -0.15) is 0 Å². The number of aromatic nitrogens is 1. The third-order valence-electron chi connectivity index (χ3n) is 3.09. The Bertz CT molecular complexity index is 396. The van der Waals surface area contributed by atoms with E-state index in [1.54, 1.807) is 6.20 Å². The van der Waals surface area contributed by atoms with Crippen LogP contribution in [0.2, 0.25) is 0 Å². The summed E-state index contributed by atoms with van der Waals surface area (Å²) in [7, 11) is 0. The van der Waals surface area contributed by atoms with Crippen LogP contribution in [0.3, 0.4) is 0 Å². The summed E-state index contributed by atoms with van der Waals surface area (Å²) < 4.78 is 5.46. The predicted octanol–water partition coefficient (Wildman–Crippen LogP) is 0.636. The fourth-order valence-electron chi connectivity index (χ4n) is 2.04. The van der Waals surface area contributed by atoms with Crippen molar-refractivity contribution in [3.63, 3.8) is 0 Å².